The summed E-state index contributed by atoms with van der Waals surface area (Å²) in [5, 5.41) is 13.2. The molecule has 2 aliphatic carbocycles. The number of amides is 1. The fourth-order valence-electron chi connectivity index (χ4n) is 3.26. The van der Waals surface area contributed by atoms with Crippen LogP contribution in [0.15, 0.2) is 36.5 Å². The molecular formula is C17H18N2O2. The first kappa shape index (κ1) is 12.7. The van der Waals surface area contributed by atoms with Crippen LogP contribution in [-0.4, -0.2) is 22.1 Å². The fraction of sp³-hybridized carbons (Fsp3) is 0.353. The lowest BCUT2D eigenvalue weighted by Gasteiger charge is -2.18. The lowest BCUT2D eigenvalue weighted by Crippen LogP contribution is -2.34. The molecule has 108 valence electrons. The van der Waals surface area contributed by atoms with Crippen molar-refractivity contribution >= 4 is 5.91 Å². The van der Waals surface area contributed by atoms with Gasteiger partial charge in [0.1, 0.15) is 0 Å². The summed E-state index contributed by atoms with van der Waals surface area (Å²) < 4.78 is 0. The molecule has 0 bridgehead atoms. The van der Waals surface area contributed by atoms with E-state index in [1.807, 2.05) is 36.5 Å². The lowest BCUT2D eigenvalue weighted by atomic mass is 10.1. The van der Waals surface area contributed by atoms with E-state index in [1.54, 1.807) is 0 Å². The second kappa shape index (κ2) is 4.74. The maximum Gasteiger partial charge on any atom is 0.253 e. The molecule has 1 amide bonds. The third-order valence-corrected chi connectivity index (χ3v) is 4.50. The van der Waals surface area contributed by atoms with Crippen LogP contribution >= 0.6 is 0 Å². The molecule has 1 heterocycles. The minimum Gasteiger partial charge on any atom is -0.390 e. The van der Waals surface area contributed by atoms with E-state index in [1.165, 1.54) is 0 Å². The average Bonchev–Trinajstić information content (AvgIpc) is 3.13. The number of aliphatic hydroxyl groups is 1. The summed E-state index contributed by atoms with van der Waals surface area (Å²) in [4.78, 5) is 15.7. The number of carbonyl (C=O) groups excluding carboxylic acids is 1. The van der Waals surface area contributed by atoms with Gasteiger partial charge in [0, 0.05) is 18.3 Å². The Bertz CT molecular complexity index is 688. The molecule has 3 N–H and O–H groups in total. The molecule has 2 atom stereocenters. The van der Waals surface area contributed by atoms with Gasteiger partial charge in [-0.3, -0.25) is 4.79 Å². The number of aliphatic hydroxyl groups excluding tert-OH is 1. The highest BCUT2D eigenvalue weighted by Crippen LogP contribution is 2.41. The molecule has 21 heavy (non-hydrogen) atoms. The molecule has 0 aliphatic heterocycles. The monoisotopic (exact) mass is 282 g/mol. The maximum absolute atomic E-state index is 12.5. The molecular weight excluding hydrogens is 264 g/mol. The highest BCUT2D eigenvalue weighted by atomic mass is 16.3. The largest absolute Gasteiger partial charge is 0.390 e. The van der Waals surface area contributed by atoms with Gasteiger partial charge in [-0.2, -0.15) is 0 Å². The van der Waals surface area contributed by atoms with Crippen LogP contribution in [0.5, 0.6) is 0 Å². The third-order valence-electron chi connectivity index (χ3n) is 4.50. The number of nitrogens with one attached hydrogen (secondary N) is 2. The van der Waals surface area contributed by atoms with Crippen molar-refractivity contribution in [3.63, 3.8) is 0 Å². The van der Waals surface area contributed by atoms with Gasteiger partial charge >= 0.3 is 0 Å². The van der Waals surface area contributed by atoms with Crippen LogP contribution in [0.2, 0.25) is 0 Å². The van der Waals surface area contributed by atoms with Crippen LogP contribution in [0, 0.1) is 0 Å². The van der Waals surface area contributed by atoms with Crippen molar-refractivity contribution < 1.29 is 9.90 Å². The molecule has 4 heteroatoms. The van der Waals surface area contributed by atoms with Crippen molar-refractivity contribution in [1.29, 1.82) is 0 Å². The van der Waals surface area contributed by atoms with Gasteiger partial charge in [-0.1, -0.05) is 24.3 Å². The van der Waals surface area contributed by atoms with Crippen LogP contribution in [0.3, 0.4) is 0 Å². The normalized spacial score (nSPS) is 23.9. The topological polar surface area (TPSA) is 65.1 Å². The fourth-order valence-corrected chi connectivity index (χ4v) is 3.26. The quantitative estimate of drug-likeness (QED) is 0.808. The van der Waals surface area contributed by atoms with Crippen molar-refractivity contribution in [2.75, 3.05) is 0 Å². The highest BCUT2D eigenvalue weighted by molar-refractivity contribution is 5.96. The van der Waals surface area contributed by atoms with Crippen LogP contribution in [0.25, 0.3) is 0 Å². The number of benzene rings is 1. The molecule has 0 spiro atoms. The summed E-state index contributed by atoms with van der Waals surface area (Å²) in [7, 11) is 0. The van der Waals surface area contributed by atoms with Gasteiger partial charge in [0.2, 0.25) is 0 Å². The Balaban J connectivity index is 1.58. The molecule has 2 aromatic rings. The van der Waals surface area contributed by atoms with Gasteiger partial charge < -0.3 is 15.4 Å². The van der Waals surface area contributed by atoms with E-state index in [9.17, 15) is 9.90 Å². The summed E-state index contributed by atoms with van der Waals surface area (Å²) in [6, 6.07) is 9.42. The third kappa shape index (κ3) is 2.16. The smallest absolute Gasteiger partial charge is 0.253 e. The SMILES string of the molecule is O=C(N[C@@H]1c2ccccc2C[C@@H]1O)c1cc[nH]c1C1CC1. The van der Waals surface area contributed by atoms with Crippen molar-refractivity contribution in [3.8, 4) is 0 Å². The Kier molecular flexibility index (Phi) is 2.86. The summed E-state index contributed by atoms with van der Waals surface area (Å²) in [5.74, 6) is 0.403. The summed E-state index contributed by atoms with van der Waals surface area (Å²) in [5.41, 5.74) is 3.90. The first-order chi connectivity index (χ1) is 10.2. The van der Waals surface area contributed by atoms with E-state index in [2.05, 4.69) is 10.3 Å². The average molecular weight is 282 g/mol. The lowest BCUT2D eigenvalue weighted by molar-refractivity contribution is 0.0857. The van der Waals surface area contributed by atoms with Gasteiger partial charge in [0.05, 0.1) is 17.7 Å². The second-order valence-electron chi connectivity index (χ2n) is 6.00. The van der Waals surface area contributed by atoms with Gasteiger partial charge in [0.15, 0.2) is 0 Å². The maximum atomic E-state index is 12.5. The molecule has 4 nitrogen and oxygen atoms in total. The Hall–Kier alpha value is -2.07. The number of carbonyl (C=O) groups is 1. The molecule has 2 aliphatic rings. The first-order valence-corrected chi connectivity index (χ1v) is 7.48. The first-order valence-electron chi connectivity index (χ1n) is 7.48. The molecule has 1 aromatic heterocycles. The van der Waals surface area contributed by atoms with Crippen molar-refractivity contribution in [3.05, 3.63) is 58.9 Å². The van der Waals surface area contributed by atoms with Gasteiger partial charge in [-0.15, -0.1) is 0 Å². The van der Waals surface area contributed by atoms with Crippen molar-refractivity contribution in [1.82, 2.24) is 10.3 Å². The Morgan fingerprint density at radius 2 is 2.05 bits per heavy atom. The van der Waals surface area contributed by atoms with Crippen LogP contribution in [0.4, 0.5) is 0 Å². The molecule has 1 saturated carbocycles. The Labute approximate surface area is 123 Å². The second-order valence-corrected chi connectivity index (χ2v) is 6.00. The molecule has 0 saturated heterocycles. The van der Waals surface area contributed by atoms with E-state index in [0.29, 0.717) is 17.9 Å². The van der Waals surface area contributed by atoms with Crippen molar-refractivity contribution in [2.24, 2.45) is 0 Å². The predicted molar refractivity (Wildman–Crippen MR) is 79.1 cm³/mol. The zero-order valence-electron chi connectivity index (χ0n) is 11.7. The number of hydrogen-bond donors (Lipinski definition) is 3. The highest BCUT2D eigenvalue weighted by Gasteiger charge is 2.34. The van der Waals surface area contributed by atoms with Crippen LogP contribution < -0.4 is 5.32 Å². The number of aromatic amines is 1. The Morgan fingerprint density at radius 3 is 2.86 bits per heavy atom. The molecule has 1 fully saturated rings. The number of hydrogen-bond acceptors (Lipinski definition) is 2. The number of H-pyrrole nitrogens is 1. The Morgan fingerprint density at radius 1 is 1.24 bits per heavy atom. The summed E-state index contributed by atoms with van der Waals surface area (Å²) >= 11 is 0. The minimum absolute atomic E-state index is 0.0982. The number of rotatable bonds is 3. The standard InChI is InChI=1S/C17H18N2O2/c20-14-9-11-3-1-2-4-12(11)16(14)19-17(21)13-7-8-18-15(13)10-5-6-10/h1-4,7-8,10,14,16,18,20H,5-6,9H2,(H,19,21)/t14-,16+/m0/s1. The molecule has 0 unspecified atom stereocenters. The zero-order valence-corrected chi connectivity index (χ0v) is 11.7. The van der Waals surface area contributed by atoms with E-state index >= 15 is 0 Å². The van der Waals surface area contributed by atoms with E-state index in [-0.39, 0.29) is 11.9 Å². The van der Waals surface area contributed by atoms with E-state index < -0.39 is 6.10 Å². The number of fused-ring (bicyclic) bond motifs is 1. The molecule has 0 radical (unpaired) electrons. The molecule has 1 aromatic carbocycles. The predicted octanol–water partition coefficient (Wildman–Crippen LogP) is 2.28. The summed E-state index contributed by atoms with van der Waals surface area (Å²) in [6.07, 6.45) is 4.17. The summed E-state index contributed by atoms with van der Waals surface area (Å²) in [6.45, 7) is 0. The van der Waals surface area contributed by atoms with Gasteiger partial charge in [-0.25, -0.2) is 0 Å². The van der Waals surface area contributed by atoms with Crippen LogP contribution in [-0.2, 0) is 6.42 Å². The zero-order chi connectivity index (χ0) is 14.4. The number of aromatic nitrogens is 1. The molecule has 4 rings (SSSR count). The van der Waals surface area contributed by atoms with Crippen LogP contribution in [0.1, 0.15) is 52.0 Å². The minimum atomic E-state index is -0.547. The van der Waals surface area contributed by atoms with E-state index in [4.69, 9.17) is 0 Å². The van der Waals surface area contributed by atoms with Crippen molar-refractivity contribution in [2.45, 2.75) is 37.3 Å². The van der Waals surface area contributed by atoms with Gasteiger partial charge in [0.25, 0.3) is 5.91 Å². The van der Waals surface area contributed by atoms with Gasteiger partial charge in [-0.05, 0) is 36.0 Å². The van der Waals surface area contributed by atoms with E-state index in [0.717, 1.165) is 29.7 Å².